The van der Waals surface area contributed by atoms with Crippen LogP contribution in [0.2, 0.25) is 0 Å². The van der Waals surface area contributed by atoms with Gasteiger partial charge in [0.15, 0.2) is 0 Å². The number of ether oxygens (including phenoxy) is 1. The van der Waals surface area contributed by atoms with Gasteiger partial charge in [0.2, 0.25) is 0 Å². The van der Waals surface area contributed by atoms with Gasteiger partial charge in [0.05, 0.1) is 11.5 Å². The Morgan fingerprint density at radius 1 is 1.53 bits per heavy atom. The highest BCUT2D eigenvalue weighted by Crippen LogP contribution is 2.19. The number of hydrogen-bond acceptors (Lipinski definition) is 4. The predicted octanol–water partition coefficient (Wildman–Crippen LogP) is 2.15. The molecule has 0 radical (unpaired) electrons. The molecule has 0 aliphatic carbocycles. The van der Waals surface area contributed by atoms with E-state index in [-0.39, 0.29) is 10.6 Å². The van der Waals surface area contributed by atoms with Crippen LogP contribution >= 0.6 is 0 Å². The quantitative estimate of drug-likeness (QED) is 0.631. The minimum absolute atomic E-state index is 0.209. The van der Waals surface area contributed by atoms with Crippen molar-refractivity contribution in [3.8, 4) is 0 Å². The summed E-state index contributed by atoms with van der Waals surface area (Å²) in [6, 6.07) is 7.32. The molecule has 1 N–H and O–H groups in total. The zero-order valence-corrected chi connectivity index (χ0v) is 11.2. The third kappa shape index (κ3) is 3.75. The van der Waals surface area contributed by atoms with E-state index in [1.54, 1.807) is 12.1 Å². The largest absolute Gasteiger partial charge is 0.381 e. The molecule has 2 unspecified atom stereocenters. The van der Waals surface area contributed by atoms with E-state index in [9.17, 15) is 10.1 Å². The van der Waals surface area contributed by atoms with Crippen molar-refractivity contribution in [1.82, 2.24) is 5.32 Å². The number of nitrogens with one attached hydrogen (secondary N) is 1. The highest BCUT2D eigenvalue weighted by Gasteiger charge is 2.21. The van der Waals surface area contributed by atoms with Gasteiger partial charge in [-0.25, -0.2) is 0 Å². The van der Waals surface area contributed by atoms with Crippen LogP contribution in [0.3, 0.4) is 0 Å². The molecule has 0 saturated carbocycles. The van der Waals surface area contributed by atoms with Crippen molar-refractivity contribution in [1.29, 1.82) is 0 Å². The number of para-hydroxylation sites is 1. The Bertz CT molecular complexity index is 430. The van der Waals surface area contributed by atoms with E-state index in [0.717, 1.165) is 31.7 Å². The Hall–Kier alpha value is -1.46. The SMILES string of the molecule is CC(NCCc1ccccc1[N+](=O)[O-])C1CCOC1. The second-order valence-corrected chi connectivity index (χ2v) is 5.00. The van der Waals surface area contributed by atoms with E-state index in [1.165, 1.54) is 0 Å². The molecule has 0 spiro atoms. The zero-order valence-electron chi connectivity index (χ0n) is 11.2. The van der Waals surface area contributed by atoms with Crippen molar-refractivity contribution < 1.29 is 9.66 Å². The molecule has 0 bridgehead atoms. The van der Waals surface area contributed by atoms with E-state index in [2.05, 4.69) is 12.2 Å². The monoisotopic (exact) mass is 264 g/mol. The summed E-state index contributed by atoms with van der Waals surface area (Å²) < 4.78 is 5.36. The molecule has 0 amide bonds. The van der Waals surface area contributed by atoms with Gasteiger partial charge in [-0.05, 0) is 32.2 Å². The summed E-state index contributed by atoms with van der Waals surface area (Å²) >= 11 is 0. The molecule has 1 aromatic carbocycles. The number of hydrogen-bond donors (Lipinski definition) is 1. The van der Waals surface area contributed by atoms with Gasteiger partial charge >= 0.3 is 0 Å². The highest BCUT2D eigenvalue weighted by molar-refractivity contribution is 5.39. The van der Waals surface area contributed by atoms with Crippen molar-refractivity contribution in [3.05, 3.63) is 39.9 Å². The minimum atomic E-state index is -0.316. The lowest BCUT2D eigenvalue weighted by molar-refractivity contribution is -0.385. The van der Waals surface area contributed by atoms with Gasteiger partial charge in [0, 0.05) is 24.3 Å². The molecule has 104 valence electrons. The lowest BCUT2D eigenvalue weighted by atomic mass is 10.0. The Morgan fingerprint density at radius 3 is 3.00 bits per heavy atom. The molecule has 1 saturated heterocycles. The molecule has 2 rings (SSSR count). The summed E-state index contributed by atoms with van der Waals surface area (Å²) in [5, 5.41) is 14.3. The van der Waals surface area contributed by atoms with Gasteiger partial charge in [0.25, 0.3) is 5.69 Å². The normalized spacial score (nSPS) is 20.4. The summed E-state index contributed by atoms with van der Waals surface area (Å²) in [5.41, 5.74) is 0.996. The Kier molecular flexibility index (Phi) is 4.87. The van der Waals surface area contributed by atoms with Crippen LogP contribution in [-0.2, 0) is 11.2 Å². The third-order valence-corrected chi connectivity index (χ3v) is 3.72. The van der Waals surface area contributed by atoms with Gasteiger partial charge in [-0.3, -0.25) is 10.1 Å². The lowest BCUT2D eigenvalue weighted by Crippen LogP contribution is -2.35. The van der Waals surface area contributed by atoms with Gasteiger partial charge in [0.1, 0.15) is 0 Å². The summed E-state index contributed by atoms with van der Waals surface area (Å²) in [7, 11) is 0. The minimum Gasteiger partial charge on any atom is -0.381 e. The Morgan fingerprint density at radius 2 is 2.32 bits per heavy atom. The van der Waals surface area contributed by atoms with Crippen molar-refractivity contribution in [2.75, 3.05) is 19.8 Å². The zero-order chi connectivity index (χ0) is 13.7. The van der Waals surface area contributed by atoms with Crippen LogP contribution in [-0.4, -0.2) is 30.7 Å². The number of nitro benzene ring substituents is 1. The topological polar surface area (TPSA) is 64.4 Å². The van der Waals surface area contributed by atoms with Crippen molar-refractivity contribution >= 4 is 5.69 Å². The van der Waals surface area contributed by atoms with Crippen LogP contribution in [0.1, 0.15) is 18.9 Å². The fourth-order valence-corrected chi connectivity index (χ4v) is 2.45. The summed E-state index contributed by atoms with van der Waals surface area (Å²) in [6.07, 6.45) is 1.77. The molecule has 1 aliphatic heterocycles. The maximum Gasteiger partial charge on any atom is 0.272 e. The van der Waals surface area contributed by atoms with Gasteiger partial charge in [-0.15, -0.1) is 0 Å². The average molecular weight is 264 g/mol. The first-order chi connectivity index (χ1) is 9.18. The molecule has 1 heterocycles. The lowest BCUT2D eigenvalue weighted by Gasteiger charge is -2.19. The van der Waals surface area contributed by atoms with E-state index in [1.807, 2.05) is 12.1 Å². The number of nitro groups is 1. The fourth-order valence-electron chi connectivity index (χ4n) is 2.45. The van der Waals surface area contributed by atoms with Gasteiger partial charge in [-0.2, -0.15) is 0 Å². The van der Waals surface area contributed by atoms with E-state index in [4.69, 9.17) is 4.74 Å². The van der Waals surface area contributed by atoms with Crippen LogP contribution in [0.15, 0.2) is 24.3 Å². The molecule has 0 aromatic heterocycles. The maximum absolute atomic E-state index is 10.9. The van der Waals surface area contributed by atoms with E-state index >= 15 is 0 Å². The van der Waals surface area contributed by atoms with Crippen LogP contribution in [0.4, 0.5) is 5.69 Å². The fraction of sp³-hybridized carbons (Fsp3) is 0.571. The number of nitrogens with zero attached hydrogens (tertiary/aromatic N) is 1. The Balaban J connectivity index is 1.83. The van der Waals surface area contributed by atoms with Crippen LogP contribution in [0, 0.1) is 16.0 Å². The summed E-state index contributed by atoms with van der Waals surface area (Å²) in [4.78, 5) is 10.6. The average Bonchev–Trinajstić information content (AvgIpc) is 2.93. The number of rotatable bonds is 6. The first kappa shape index (κ1) is 14.0. The van der Waals surface area contributed by atoms with Crippen LogP contribution in [0.5, 0.6) is 0 Å². The van der Waals surface area contributed by atoms with Crippen molar-refractivity contribution in [2.45, 2.75) is 25.8 Å². The first-order valence-corrected chi connectivity index (χ1v) is 6.72. The molecule has 5 nitrogen and oxygen atoms in total. The van der Waals surface area contributed by atoms with Crippen LogP contribution in [0.25, 0.3) is 0 Å². The van der Waals surface area contributed by atoms with Crippen LogP contribution < -0.4 is 5.32 Å². The first-order valence-electron chi connectivity index (χ1n) is 6.72. The molecule has 19 heavy (non-hydrogen) atoms. The smallest absolute Gasteiger partial charge is 0.272 e. The molecular weight excluding hydrogens is 244 g/mol. The van der Waals surface area contributed by atoms with Crippen molar-refractivity contribution in [3.63, 3.8) is 0 Å². The van der Waals surface area contributed by atoms with Gasteiger partial charge in [-0.1, -0.05) is 18.2 Å². The van der Waals surface area contributed by atoms with E-state index < -0.39 is 0 Å². The maximum atomic E-state index is 10.9. The standard InChI is InChI=1S/C14H20N2O3/c1-11(13-7-9-19-10-13)15-8-6-12-4-2-3-5-14(12)16(17)18/h2-5,11,13,15H,6-10H2,1H3. The summed E-state index contributed by atoms with van der Waals surface area (Å²) in [6.45, 7) is 4.57. The highest BCUT2D eigenvalue weighted by atomic mass is 16.6. The van der Waals surface area contributed by atoms with Gasteiger partial charge < -0.3 is 10.1 Å². The molecule has 2 atom stereocenters. The molecule has 1 fully saturated rings. The van der Waals surface area contributed by atoms with Crippen molar-refractivity contribution in [2.24, 2.45) is 5.92 Å². The molecule has 5 heteroatoms. The van der Waals surface area contributed by atoms with E-state index in [0.29, 0.717) is 18.4 Å². The summed E-state index contributed by atoms with van der Waals surface area (Å²) in [5.74, 6) is 0.561. The predicted molar refractivity (Wildman–Crippen MR) is 73.2 cm³/mol. The molecule has 1 aliphatic rings. The number of benzene rings is 1. The molecule has 1 aromatic rings. The third-order valence-electron chi connectivity index (χ3n) is 3.72. The second kappa shape index (κ2) is 6.63. The molecular formula is C14H20N2O3. The Labute approximate surface area is 113 Å². The second-order valence-electron chi connectivity index (χ2n) is 5.00.